The first-order chi connectivity index (χ1) is 12.2. The molecular formula is C21H20BrNO2. The molecule has 0 bridgehead atoms. The van der Waals surface area contributed by atoms with E-state index in [1.54, 1.807) is 0 Å². The molecule has 3 nitrogen and oxygen atoms in total. The van der Waals surface area contributed by atoms with Crippen LogP contribution in [0.15, 0.2) is 69.7 Å². The third-order valence-corrected chi connectivity index (χ3v) is 4.56. The van der Waals surface area contributed by atoms with Crippen molar-refractivity contribution in [2.45, 2.75) is 19.8 Å². The zero-order valence-electron chi connectivity index (χ0n) is 14.1. The number of halogens is 1. The van der Waals surface area contributed by atoms with Gasteiger partial charge >= 0.3 is 0 Å². The minimum absolute atomic E-state index is 0.181. The monoisotopic (exact) mass is 397 g/mol. The first-order valence-corrected chi connectivity index (χ1v) is 9.09. The highest BCUT2D eigenvalue weighted by molar-refractivity contribution is 9.10. The molecule has 3 aromatic rings. The van der Waals surface area contributed by atoms with Gasteiger partial charge in [-0.2, -0.15) is 0 Å². The molecule has 0 saturated carbocycles. The normalized spacial score (nSPS) is 11.7. The largest absolute Gasteiger partial charge is 0.396 e. The summed E-state index contributed by atoms with van der Waals surface area (Å²) < 4.78 is 6.70. The molecule has 25 heavy (non-hydrogen) atoms. The molecule has 0 unspecified atom stereocenters. The standard InChI is InChI=1S/C21H20BrNO2/c1-15-20(21(25-23-15)17-10-12-18(22)13-11-17)19(9-5-6-14-24)16-7-3-2-4-8-16/h2-4,7-13,24H,5-6,14H2,1H3/b19-9-. The summed E-state index contributed by atoms with van der Waals surface area (Å²) in [5.74, 6) is 0.768. The first kappa shape index (κ1) is 17.6. The highest BCUT2D eigenvalue weighted by Gasteiger charge is 2.19. The van der Waals surface area contributed by atoms with Gasteiger partial charge < -0.3 is 9.63 Å². The third-order valence-electron chi connectivity index (χ3n) is 4.03. The molecule has 1 heterocycles. The average molecular weight is 398 g/mol. The van der Waals surface area contributed by atoms with Crippen LogP contribution in [0.5, 0.6) is 0 Å². The van der Waals surface area contributed by atoms with Crippen LogP contribution in [0.4, 0.5) is 0 Å². The molecule has 0 aliphatic heterocycles. The zero-order valence-corrected chi connectivity index (χ0v) is 15.7. The molecule has 0 atom stereocenters. The molecule has 0 fully saturated rings. The molecule has 2 aromatic carbocycles. The number of aliphatic hydroxyl groups excluding tert-OH is 1. The summed E-state index contributed by atoms with van der Waals surface area (Å²) in [4.78, 5) is 0. The summed E-state index contributed by atoms with van der Waals surface area (Å²) in [7, 11) is 0. The summed E-state index contributed by atoms with van der Waals surface area (Å²) in [5, 5.41) is 13.3. The predicted octanol–water partition coefficient (Wildman–Crippen LogP) is 5.62. The van der Waals surface area contributed by atoms with E-state index in [0.717, 1.165) is 51.0 Å². The number of benzene rings is 2. The SMILES string of the molecule is Cc1noc(-c2ccc(Br)cc2)c1/C(=C\CCCO)c1ccccc1. The van der Waals surface area contributed by atoms with Gasteiger partial charge in [0.05, 0.1) is 11.3 Å². The van der Waals surface area contributed by atoms with E-state index >= 15 is 0 Å². The highest BCUT2D eigenvalue weighted by atomic mass is 79.9. The van der Waals surface area contributed by atoms with Gasteiger partial charge in [0.25, 0.3) is 0 Å². The summed E-state index contributed by atoms with van der Waals surface area (Å²) in [6.45, 7) is 2.14. The number of aliphatic hydroxyl groups is 1. The van der Waals surface area contributed by atoms with Crippen LogP contribution in [0.3, 0.4) is 0 Å². The Labute approximate surface area is 156 Å². The molecule has 0 saturated heterocycles. The maximum absolute atomic E-state index is 9.13. The van der Waals surface area contributed by atoms with Gasteiger partial charge in [-0.3, -0.25) is 0 Å². The van der Waals surface area contributed by atoms with E-state index in [4.69, 9.17) is 9.63 Å². The number of aromatic nitrogens is 1. The van der Waals surface area contributed by atoms with Crippen molar-refractivity contribution in [3.63, 3.8) is 0 Å². The van der Waals surface area contributed by atoms with Crippen molar-refractivity contribution in [2.75, 3.05) is 6.61 Å². The number of allylic oxidation sites excluding steroid dienone is 1. The molecule has 1 N–H and O–H groups in total. The Kier molecular flexibility index (Phi) is 5.84. The molecule has 3 rings (SSSR count). The second-order valence-electron chi connectivity index (χ2n) is 5.83. The van der Waals surface area contributed by atoms with Crippen LogP contribution in [-0.2, 0) is 0 Å². The molecule has 4 heteroatoms. The van der Waals surface area contributed by atoms with Gasteiger partial charge in [0.1, 0.15) is 0 Å². The molecule has 0 spiro atoms. The Balaban J connectivity index is 2.11. The van der Waals surface area contributed by atoms with Crippen LogP contribution in [0, 0.1) is 6.92 Å². The van der Waals surface area contributed by atoms with Gasteiger partial charge in [0, 0.05) is 16.6 Å². The van der Waals surface area contributed by atoms with Gasteiger partial charge in [0.2, 0.25) is 0 Å². The number of unbranched alkanes of at least 4 members (excludes halogenated alkanes) is 1. The molecule has 1 aromatic heterocycles. The number of aryl methyl sites for hydroxylation is 1. The van der Waals surface area contributed by atoms with Crippen LogP contribution in [0.25, 0.3) is 16.9 Å². The van der Waals surface area contributed by atoms with Crippen molar-refractivity contribution in [1.82, 2.24) is 5.16 Å². The van der Waals surface area contributed by atoms with E-state index in [0.29, 0.717) is 0 Å². The Bertz CT molecular complexity index is 851. The van der Waals surface area contributed by atoms with Crippen LogP contribution in [0.1, 0.15) is 29.7 Å². The van der Waals surface area contributed by atoms with Crippen LogP contribution >= 0.6 is 15.9 Å². The highest BCUT2D eigenvalue weighted by Crippen LogP contribution is 2.36. The van der Waals surface area contributed by atoms with Crippen molar-refractivity contribution in [3.8, 4) is 11.3 Å². The second-order valence-corrected chi connectivity index (χ2v) is 6.74. The van der Waals surface area contributed by atoms with Gasteiger partial charge in [0.15, 0.2) is 5.76 Å². The molecule has 0 aliphatic rings. The van der Waals surface area contributed by atoms with Crippen LogP contribution < -0.4 is 0 Å². The van der Waals surface area contributed by atoms with Crippen LogP contribution in [0.2, 0.25) is 0 Å². The van der Waals surface area contributed by atoms with E-state index in [-0.39, 0.29) is 6.61 Å². The van der Waals surface area contributed by atoms with E-state index in [9.17, 15) is 0 Å². The molecule has 0 amide bonds. The van der Waals surface area contributed by atoms with Crippen LogP contribution in [-0.4, -0.2) is 16.9 Å². The lowest BCUT2D eigenvalue weighted by Crippen LogP contribution is -1.93. The average Bonchev–Trinajstić information content (AvgIpc) is 3.02. The topological polar surface area (TPSA) is 46.3 Å². The molecule has 0 radical (unpaired) electrons. The quantitative estimate of drug-likeness (QED) is 0.549. The third kappa shape index (κ3) is 4.09. The summed E-state index contributed by atoms with van der Waals surface area (Å²) in [6.07, 6.45) is 3.69. The minimum atomic E-state index is 0.181. The Morgan fingerprint density at radius 2 is 1.84 bits per heavy atom. The summed E-state index contributed by atoms with van der Waals surface area (Å²) >= 11 is 3.47. The molecule has 128 valence electrons. The lowest BCUT2D eigenvalue weighted by atomic mass is 9.93. The Morgan fingerprint density at radius 3 is 2.52 bits per heavy atom. The maximum Gasteiger partial charge on any atom is 0.174 e. The Morgan fingerprint density at radius 1 is 1.12 bits per heavy atom. The number of rotatable bonds is 6. The van der Waals surface area contributed by atoms with Crippen molar-refractivity contribution < 1.29 is 9.63 Å². The summed E-state index contributed by atoms with van der Waals surface area (Å²) in [6, 6.07) is 18.3. The zero-order chi connectivity index (χ0) is 17.6. The Hall–Kier alpha value is -2.17. The van der Waals surface area contributed by atoms with Gasteiger partial charge in [-0.25, -0.2) is 0 Å². The fourth-order valence-electron chi connectivity index (χ4n) is 2.80. The maximum atomic E-state index is 9.13. The van der Waals surface area contributed by atoms with Crippen molar-refractivity contribution in [2.24, 2.45) is 0 Å². The van der Waals surface area contributed by atoms with E-state index < -0.39 is 0 Å². The lowest BCUT2D eigenvalue weighted by Gasteiger charge is -2.10. The number of nitrogens with zero attached hydrogens (tertiary/aromatic N) is 1. The van der Waals surface area contributed by atoms with Gasteiger partial charge in [-0.15, -0.1) is 0 Å². The summed E-state index contributed by atoms with van der Waals surface area (Å²) in [5.41, 5.74) is 5.06. The fourth-order valence-corrected chi connectivity index (χ4v) is 3.07. The minimum Gasteiger partial charge on any atom is -0.396 e. The van der Waals surface area contributed by atoms with E-state index in [2.05, 4.69) is 39.3 Å². The predicted molar refractivity (Wildman–Crippen MR) is 104 cm³/mol. The molecule has 0 aliphatic carbocycles. The van der Waals surface area contributed by atoms with Crippen molar-refractivity contribution >= 4 is 21.5 Å². The molecular weight excluding hydrogens is 378 g/mol. The van der Waals surface area contributed by atoms with E-state index in [1.807, 2.05) is 49.4 Å². The van der Waals surface area contributed by atoms with Gasteiger partial charge in [-0.1, -0.05) is 57.5 Å². The first-order valence-electron chi connectivity index (χ1n) is 8.29. The smallest absolute Gasteiger partial charge is 0.174 e. The fraction of sp³-hybridized carbons (Fsp3) is 0.190. The van der Waals surface area contributed by atoms with E-state index in [1.165, 1.54) is 0 Å². The van der Waals surface area contributed by atoms with Crippen molar-refractivity contribution in [1.29, 1.82) is 0 Å². The van der Waals surface area contributed by atoms with Crippen molar-refractivity contribution in [3.05, 3.63) is 82.0 Å². The number of hydrogen-bond acceptors (Lipinski definition) is 3. The van der Waals surface area contributed by atoms with Gasteiger partial charge in [-0.05, 0) is 55.2 Å². The second kappa shape index (κ2) is 8.28. The number of hydrogen-bond donors (Lipinski definition) is 1. The lowest BCUT2D eigenvalue weighted by molar-refractivity contribution is 0.289.